The Balaban J connectivity index is 1.40. The maximum atomic E-state index is 11.8. The highest BCUT2D eigenvalue weighted by molar-refractivity contribution is 6.36. The Bertz CT molecular complexity index is 1160. The van der Waals surface area contributed by atoms with Gasteiger partial charge in [-0.15, -0.1) is 0 Å². The molecule has 1 aromatic carbocycles. The van der Waals surface area contributed by atoms with Crippen LogP contribution in [0.1, 0.15) is 23.4 Å². The molecule has 0 atom stereocenters. The van der Waals surface area contributed by atoms with Gasteiger partial charge in [-0.25, -0.2) is 4.98 Å². The predicted molar refractivity (Wildman–Crippen MR) is 114 cm³/mol. The van der Waals surface area contributed by atoms with E-state index in [-0.39, 0.29) is 11.7 Å². The van der Waals surface area contributed by atoms with Crippen LogP contribution >= 0.6 is 0 Å². The second-order valence-electron chi connectivity index (χ2n) is 6.75. The molecule has 0 aliphatic rings. The number of phenols is 1. The average Bonchev–Trinajstić information content (AvgIpc) is 3.41. The highest BCUT2D eigenvalue weighted by Gasteiger charge is 2.12. The number of carbonyl (C=O) groups excluding carboxylic acids is 1. The number of aromatic nitrogens is 3. The molecular weight excluding hydrogens is 381 g/mol. The highest BCUT2D eigenvalue weighted by atomic mass is 16.3. The van der Waals surface area contributed by atoms with Gasteiger partial charge in [0.05, 0.1) is 12.0 Å². The van der Waals surface area contributed by atoms with Gasteiger partial charge in [-0.05, 0) is 42.6 Å². The Morgan fingerprint density at radius 2 is 2.00 bits per heavy atom. The summed E-state index contributed by atoms with van der Waals surface area (Å²) in [7, 11) is 6.01. The van der Waals surface area contributed by atoms with Gasteiger partial charge < -0.3 is 20.2 Å². The molecule has 0 unspecified atom stereocenters. The lowest BCUT2D eigenvalue weighted by Gasteiger charge is -2.12. The van der Waals surface area contributed by atoms with Crippen LogP contribution in [0.15, 0.2) is 59.3 Å². The van der Waals surface area contributed by atoms with Crippen molar-refractivity contribution in [2.75, 3.05) is 18.4 Å². The topological polar surface area (TPSA) is 105 Å². The molecule has 4 rings (SSSR count). The molecular formula is C21H20BN5O3. The van der Waals surface area contributed by atoms with Crippen LogP contribution in [0.4, 0.5) is 5.82 Å². The molecule has 9 heteroatoms. The Kier molecular flexibility index (Phi) is 5.69. The number of rotatable bonds is 8. The van der Waals surface area contributed by atoms with Gasteiger partial charge in [0.1, 0.15) is 19.4 Å². The van der Waals surface area contributed by atoms with Crippen molar-refractivity contribution >= 4 is 30.7 Å². The van der Waals surface area contributed by atoms with Crippen molar-refractivity contribution in [3.8, 4) is 17.0 Å². The Labute approximate surface area is 174 Å². The van der Waals surface area contributed by atoms with Gasteiger partial charge in [-0.1, -0.05) is 12.1 Å². The minimum absolute atomic E-state index is 0.144. The number of benzene rings is 1. The summed E-state index contributed by atoms with van der Waals surface area (Å²) >= 11 is 0. The van der Waals surface area contributed by atoms with Gasteiger partial charge in [-0.3, -0.25) is 4.79 Å². The van der Waals surface area contributed by atoms with Gasteiger partial charge in [0, 0.05) is 30.9 Å². The number of hydrogen-bond donors (Lipinski definition) is 3. The van der Waals surface area contributed by atoms with Crippen LogP contribution in [0, 0.1) is 0 Å². The number of nitrogens with zero attached hydrogens (tertiary/aromatic N) is 3. The molecule has 0 saturated heterocycles. The molecule has 0 aliphatic heterocycles. The number of fused-ring (bicyclic) bond motifs is 1. The van der Waals surface area contributed by atoms with E-state index >= 15 is 0 Å². The van der Waals surface area contributed by atoms with E-state index in [2.05, 4.69) is 20.7 Å². The van der Waals surface area contributed by atoms with Crippen molar-refractivity contribution in [2.24, 2.45) is 0 Å². The molecule has 8 nitrogen and oxygen atoms in total. The summed E-state index contributed by atoms with van der Waals surface area (Å²) in [5.41, 5.74) is 2.19. The number of phenolic OH excluding ortho intramolecular Hbond substituents is 1. The zero-order valence-corrected chi connectivity index (χ0v) is 16.2. The van der Waals surface area contributed by atoms with Crippen molar-refractivity contribution in [1.82, 2.24) is 19.9 Å². The number of nitrogens with one attached hydrogen (secondary N) is 2. The van der Waals surface area contributed by atoms with Gasteiger partial charge in [0.15, 0.2) is 11.4 Å². The zero-order valence-electron chi connectivity index (χ0n) is 16.2. The van der Waals surface area contributed by atoms with Crippen LogP contribution in [-0.4, -0.2) is 46.5 Å². The summed E-state index contributed by atoms with van der Waals surface area (Å²) in [6.45, 7) is 1.21. The highest BCUT2D eigenvalue weighted by Crippen LogP contribution is 2.29. The summed E-state index contributed by atoms with van der Waals surface area (Å²) in [5, 5.41) is 20.6. The fourth-order valence-corrected chi connectivity index (χ4v) is 3.10. The van der Waals surface area contributed by atoms with Crippen molar-refractivity contribution < 1.29 is 14.3 Å². The Hall–Kier alpha value is -3.75. The van der Waals surface area contributed by atoms with E-state index in [1.807, 2.05) is 12.1 Å². The molecule has 3 heterocycles. The predicted octanol–water partition coefficient (Wildman–Crippen LogP) is 2.11. The number of hydrogen-bond acceptors (Lipinski definition) is 6. The molecule has 2 radical (unpaired) electrons. The quantitative estimate of drug-likeness (QED) is 0.309. The molecule has 150 valence electrons. The minimum Gasteiger partial charge on any atom is -0.507 e. The third-order valence-electron chi connectivity index (χ3n) is 4.62. The molecule has 4 aromatic rings. The minimum atomic E-state index is -0.219. The van der Waals surface area contributed by atoms with E-state index in [1.165, 1.54) is 6.26 Å². The van der Waals surface area contributed by atoms with Gasteiger partial charge in [-0.2, -0.15) is 9.61 Å². The molecule has 0 fully saturated rings. The lowest BCUT2D eigenvalue weighted by atomic mass is 10.0. The Morgan fingerprint density at radius 1 is 1.17 bits per heavy atom. The fraction of sp³-hybridized carbons (Fsp3) is 0.190. The smallest absolute Gasteiger partial charge is 0.286 e. The van der Waals surface area contributed by atoms with E-state index < -0.39 is 0 Å². The van der Waals surface area contributed by atoms with Crippen LogP contribution in [0.2, 0.25) is 0 Å². The molecule has 30 heavy (non-hydrogen) atoms. The first kappa shape index (κ1) is 19.6. The summed E-state index contributed by atoms with van der Waals surface area (Å²) < 4.78 is 6.70. The molecule has 3 N–H and O–H groups in total. The number of furan rings is 1. The molecule has 0 aliphatic carbocycles. The first-order chi connectivity index (χ1) is 14.6. The number of unbranched alkanes of at least 4 members (excludes halogenated alkanes) is 1. The second kappa shape index (κ2) is 8.73. The maximum absolute atomic E-state index is 11.8. The average molecular weight is 401 g/mol. The Morgan fingerprint density at radius 3 is 2.80 bits per heavy atom. The van der Waals surface area contributed by atoms with Crippen LogP contribution in [0.25, 0.3) is 16.9 Å². The fourth-order valence-electron chi connectivity index (χ4n) is 3.10. The molecule has 0 spiro atoms. The van der Waals surface area contributed by atoms with Crippen molar-refractivity contribution in [3.05, 3.63) is 60.7 Å². The van der Waals surface area contributed by atoms with Gasteiger partial charge in [0.25, 0.3) is 5.91 Å². The van der Waals surface area contributed by atoms with Crippen LogP contribution in [0.5, 0.6) is 5.75 Å². The SMILES string of the molecule is [B]c1cnn2c(NCCCCNC(=O)c3ccco3)cc(-c3ccccc3O)nc12. The molecule has 1 amide bonds. The first-order valence-corrected chi connectivity index (χ1v) is 9.61. The van der Waals surface area contributed by atoms with Crippen LogP contribution in [0.3, 0.4) is 0 Å². The third kappa shape index (κ3) is 4.14. The van der Waals surface area contributed by atoms with Gasteiger partial charge in [0.2, 0.25) is 0 Å². The van der Waals surface area contributed by atoms with E-state index in [0.29, 0.717) is 41.2 Å². The summed E-state index contributed by atoms with van der Waals surface area (Å²) in [6, 6.07) is 12.1. The first-order valence-electron chi connectivity index (χ1n) is 9.61. The normalized spacial score (nSPS) is 10.9. The zero-order chi connectivity index (χ0) is 20.9. The monoisotopic (exact) mass is 401 g/mol. The number of amides is 1. The lowest BCUT2D eigenvalue weighted by molar-refractivity contribution is 0.0925. The molecule has 0 bridgehead atoms. The molecule has 3 aromatic heterocycles. The van der Waals surface area contributed by atoms with E-state index in [1.54, 1.807) is 41.0 Å². The number of aromatic hydroxyl groups is 1. The van der Waals surface area contributed by atoms with Gasteiger partial charge >= 0.3 is 0 Å². The van der Waals surface area contributed by atoms with E-state index in [0.717, 1.165) is 18.7 Å². The summed E-state index contributed by atoms with van der Waals surface area (Å²) in [5.74, 6) is 0.948. The largest absolute Gasteiger partial charge is 0.507 e. The summed E-state index contributed by atoms with van der Waals surface area (Å²) in [4.78, 5) is 16.4. The van der Waals surface area contributed by atoms with E-state index in [9.17, 15) is 9.90 Å². The molecule has 0 saturated carbocycles. The summed E-state index contributed by atoms with van der Waals surface area (Å²) in [6.07, 6.45) is 4.64. The second-order valence-corrected chi connectivity index (χ2v) is 6.75. The maximum Gasteiger partial charge on any atom is 0.286 e. The standard InChI is InChI=1S/C21H20BN5O3/c22-15-13-25-27-19(12-16(26-20(15)27)14-6-1-2-7-17(14)28)23-9-3-4-10-24-21(29)18-8-5-11-30-18/h1-2,5-8,11-13,23,28H,3-4,9-10H2,(H,24,29). The van der Waals surface area contributed by atoms with Crippen molar-refractivity contribution in [1.29, 1.82) is 0 Å². The van der Waals surface area contributed by atoms with Crippen molar-refractivity contribution in [3.63, 3.8) is 0 Å². The number of carbonyl (C=O) groups is 1. The third-order valence-corrected chi connectivity index (χ3v) is 4.62. The number of anilines is 1. The number of para-hydroxylation sites is 1. The van der Waals surface area contributed by atoms with Crippen LogP contribution < -0.4 is 16.1 Å². The van der Waals surface area contributed by atoms with Crippen molar-refractivity contribution in [2.45, 2.75) is 12.8 Å². The van der Waals surface area contributed by atoms with E-state index in [4.69, 9.17) is 12.3 Å². The van der Waals surface area contributed by atoms with Crippen LogP contribution in [-0.2, 0) is 0 Å². The lowest BCUT2D eigenvalue weighted by Crippen LogP contribution is -2.24.